The Morgan fingerprint density at radius 3 is 2.14 bits per heavy atom. The number of hydrogen-bond donors (Lipinski definition) is 1. The molecule has 0 heterocycles. The molecule has 2 N–H and O–H groups in total. The molecule has 3 radical (unpaired) electrons. The van der Waals surface area contributed by atoms with Crippen LogP contribution in [-0.4, -0.2) is 27.5 Å². The van der Waals surface area contributed by atoms with Gasteiger partial charge in [-0.25, -0.2) is 0 Å². The lowest BCUT2D eigenvalue weighted by atomic mass is 9.82. The number of nitrogens with two attached hydrogens (primary N) is 1. The van der Waals surface area contributed by atoms with Gasteiger partial charge in [0, 0.05) is 22.5 Å². The Morgan fingerprint density at radius 2 is 1.59 bits per heavy atom. The van der Waals surface area contributed by atoms with Crippen LogP contribution in [0.5, 0.6) is 0 Å². The molecule has 3 rings (SSSR count). The number of ketones is 2. The van der Waals surface area contributed by atoms with Crippen molar-refractivity contribution in [2.75, 3.05) is 5.73 Å². The summed E-state index contributed by atoms with van der Waals surface area (Å²) < 4.78 is 0. The number of rotatable bonds is 1. The summed E-state index contributed by atoms with van der Waals surface area (Å²) in [4.78, 5) is 30.0. The fourth-order valence-electron chi connectivity index (χ4n) is 2.63. The van der Waals surface area contributed by atoms with Gasteiger partial charge >= 0.3 is 0 Å². The third-order valence-electron chi connectivity index (χ3n) is 3.56. The van der Waals surface area contributed by atoms with E-state index in [1.807, 2.05) is 13.8 Å². The van der Waals surface area contributed by atoms with Gasteiger partial charge in [-0.15, -0.1) is 0 Å². The Morgan fingerprint density at radius 1 is 1.05 bits per heavy atom. The number of nitrogens with zero attached hydrogens (tertiary/aromatic N) is 1. The first-order chi connectivity index (χ1) is 10.4. The molecule has 0 saturated carbocycles. The van der Waals surface area contributed by atoms with Gasteiger partial charge in [0.15, 0.2) is 11.6 Å². The average molecular weight is 305 g/mol. The highest BCUT2D eigenvalue weighted by Gasteiger charge is 2.33. The van der Waals surface area contributed by atoms with Gasteiger partial charge in [0.1, 0.15) is 0 Å². The molecule has 0 unspecified atom stereocenters. The Balaban J connectivity index is 2.41. The zero-order valence-electron chi connectivity index (χ0n) is 12.2. The molecule has 2 aromatic rings. The molecule has 0 amide bonds. The third kappa shape index (κ3) is 2.02. The minimum atomic E-state index is -0.243. The smallest absolute Gasteiger partial charge is 0.196 e. The summed E-state index contributed by atoms with van der Waals surface area (Å²) in [6, 6.07) is 8.45. The molecule has 0 spiro atoms. The van der Waals surface area contributed by atoms with E-state index in [4.69, 9.17) is 5.73 Å². The highest BCUT2D eigenvalue weighted by molar-refractivity contribution is 6.40. The SMILES string of the molecule is CC(C)=Nc1cc([Si])c(N)c2c1C(=O)c1ccccc1C2=O. The molecule has 22 heavy (non-hydrogen) atoms. The molecule has 5 heteroatoms. The van der Waals surface area contributed by atoms with Gasteiger partial charge in [0.25, 0.3) is 0 Å². The molecule has 1 aliphatic rings. The van der Waals surface area contributed by atoms with E-state index in [1.165, 1.54) is 0 Å². The van der Waals surface area contributed by atoms with Crippen molar-refractivity contribution in [2.24, 2.45) is 4.99 Å². The molecule has 0 bridgehead atoms. The molecule has 0 aliphatic heterocycles. The number of hydrogen-bond acceptors (Lipinski definition) is 4. The van der Waals surface area contributed by atoms with Crippen LogP contribution in [0.25, 0.3) is 0 Å². The van der Waals surface area contributed by atoms with Crippen LogP contribution >= 0.6 is 0 Å². The van der Waals surface area contributed by atoms with Crippen molar-refractivity contribution in [3.8, 4) is 0 Å². The summed E-state index contributed by atoms with van der Waals surface area (Å²) in [6.07, 6.45) is 0. The summed E-state index contributed by atoms with van der Waals surface area (Å²) in [5, 5.41) is 0.555. The predicted octanol–water partition coefficient (Wildman–Crippen LogP) is 1.95. The second-order valence-electron chi connectivity index (χ2n) is 5.37. The number of carbonyl (C=O) groups is 2. The molecule has 0 aromatic heterocycles. The van der Waals surface area contributed by atoms with Crippen LogP contribution in [0.4, 0.5) is 11.4 Å². The lowest BCUT2D eigenvalue weighted by Gasteiger charge is -2.21. The van der Waals surface area contributed by atoms with Crippen LogP contribution in [0.3, 0.4) is 0 Å². The van der Waals surface area contributed by atoms with E-state index in [0.717, 1.165) is 5.71 Å². The first-order valence-corrected chi connectivity index (χ1v) is 7.30. The largest absolute Gasteiger partial charge is 0.398 e. The highest BCUT2D eigenvalue weighted by atomic mass is 28.1. The van der Waals surface area contributed by atoms with Crippen molar-refractivity contribution in [3.63, 3.8) is 0 Å². The third-order valence-corrected chi connectivity index (χ3v) is 3.97. The fraction of sp³-hybridized carbons (Fsp3) is 0.118. The zero-order chi connectivity index (χ0) is 16.0. The molecule has 1 aliphatic carbocycles. The quantitative estimate of drug-likeness (QED) is 0.424. The lowest BCUT2D eigenvalue weighted by molar-refractivity contribution is 0.0980. The molecule has 107 valence electrons. The number of fused-ring (bicyclic) bond motifs is 2. The van der Waals surface area contributed by atoms with E-state index in [2.05, 4.69) is 15.2 Å². The number of benzene rings is 2. The first kappa shape index (κ1) is 14.4. The summed E-state index contributed by atoms with van der Waals surface area (Å²) in [7, 11) is 3.40. The van der Waals surface area contributed by atoms with Gasteiger partial charge < -0.3 is 5.73 Å². The van der Waals surface area contributed by atoms with E-state index in [1.54, 1.807) is 30.3 Å². The molecular weight excluding hydrogens is 292 g/mol. The van der Waals surface area contributed by atoms with Crippen LogP contribution in [0, 0.1) is 0 Å². The number of nitrogen functional groups attached to an aromatic ring is 1. The van der Waals surface area contributed by atoms with Crippen LogP contribution < -0.4 is 10.9 Å². The van der Waals surface area contributed by atoms with Crippen molar-refractivity contribution in [3.05, 3.63) is 52.6 Å². The topological polar surface area (TPSA) is 72.5 Å². The maximum atomic E-state index is 12.8. The Bertz CT molecular complexity index is 865. The van der Waals surface area contributed by atoms with E-state index < -0.39 is 0 Å². The van der Waals surface area contributed by atoms with E-state index in [-0.39, 0.29) is 28.4 Å². The van der Waals surface area contributed by atoms with Crippen molar-refractivity contribution >= 4 is 44.1 Å². The number of anilines is 1. The molecule has 0 atom stereocenters. The fourth-order valence-corrected chi connectivity index (χ4v) is 2.89. The Hall–Kier alpha value is -2.53. The molecular formula is C17H13N2O2Si. The van der Waals surface area contributed by atoms with Crippen molar-refractivity contribution < 1.29 is 9.59 Å². The van der Waals surface area contributed by atoms with E-state index in [9.17, 15) is 9.59 Å². The monoisotopic (exact) mass is 305 g/mol. The summed E-state index contributed by atoms with van der Waals surface area (Å²) in [5.74, 6) is -0.462. The number of aliphatic imine (C=N–C) groups is 1. The van der Waals surface area contributed by atoms with Gasteiger partial charge in [-0.05, 0) is 25.1 Å². The lowest BCUT2D eigenvalue weighted by Crippen LogP contribution is -2.26. The second-order valence-corrected chi connectivity index (χ2v) is 5.91. The molecule has 4 nitrogen and oxygen atoms in total. The van der Waals surface area contributed by atoms with Crippen molar-refractivity contribution in [1.82, 2.24) is 0 Å². The summed E-state index contributed by atoms with van der Waals surface area (Å²) in [5.41, 5.74) is 8.85. The molecule has 2 aromatic carbocycles. The van der Waals surface area contributed by atoms with Gasteiger partial charge in [0.05, 0.1) is 27.1 Å². The number of carbonyl (C=O) groups excluding carboxylic acids is 2. The van der Waals surface area contributed by atoms with Crippen LogP contribution in [-0.2, 0) is 0 Å². The van der Waals surface area contributed by atoms with Crippen LogP contribution in [0.15, 0.2) is 35.3 Å². The normalized spacial score (nSPS) is 12.7. The minimum Gasteiger partial charge on any atom is -0.398 e. The second kappa shape index (κ2) is 5.03. The van der Waals surface area contributed by atoms with Crippen molar-refractivity contribution in [1.29, 1.82) is 0 Å². The Kier molecular flexibility index (Phi) is 3.29. The maximum absolute atomic E-state index is 12.8. The van der Waals surface area contributed by atoms with Gasteiger partial charge in [-0.2, -0.15) is 0 Å². The summed E-state index contributed by atoms with van der Waals surface area (Å²) >= 11 is 0. The summed E-state index contributed by atoms with van der Waals surface area (Å²) in [6.45, 7) is 3.66. The Labute approximate surface area is 131 Å². The predicted molar refractivity (Wildman–Crippen MR) is 88.0 cm³/mol. The highest BCUT2D eigenvalue weighted by Crippen LogP contribution is 2.35. The molecule has 0 saturated heterocycles. The van der Waals surface area contributed by atoms with Crippen LogP contribution in [0.1, 0.15) is 45.7 Å². The van der Waals surface area contributed by atoms with Crippen molar-refractivity contribution in [2.45, 2.75) is 13.8 Å². The van der Waals surface area contributed by atoms with Gasteiger partial charge in [-0.3, -0.25) is 14.6 Å². The standard InChI is InChI=1S/C17H13N2O2Si/c1-8(2)19-11-7-12(22)15(18)14-13(11)16(20)9-5-3-4-6-10(9)17(14)21/h3-7H,18H2,1-2H3. The maximum Gasteiger partial charge on any atom is 0.196 e. The van der Waals surface area contributed by atoms with Gasteiger partial charge in [-0.1, -0.05) is 24.3 Å². The average Bonchev–Trinajstić information content (AvgIpc) is 2.47. The van der Waals surface area contributed by atoms with Crippen LogP contribution in [0.2, 0.25) is 0 Å². The molecule has 0 fully saturated rings. The van der Waals surface area contributed by atoms with E-state index >= 15 is 0 Å². The van der Waals surface area contributed by atoms with E-state index in [0.29, 0.717) is 22.0 Å². The first-order valence-electron chi connectivity index (χ1n) is 6.80. The zero-order valence-corrected chi connectivity index (χ0v) is 13.2. The minimum absolute atomic E-state index is 0.219. The van der Waals surface area contributed by atoms with Gasteiger partial charge in [0.2, 0.25) is 0 Å².